The van der Waals surface area contributed by atoms with E-state index >= 15 is 0 Å². The molecule has 0 rings (SSSR count). The van der Waals surface area contributed by atoms with Gasteiger partial charge in [-0.05, 0) is 96.0 Å². The molecule has 52 heavy (non-hydrogen) atoms. The molecule has 1 amide bonds. The van der Waals surface area contributed by atoms with Crippen LogP contribution in [-0.2, 0) is 19.1 Å². The van der Waals surface area contributed by atoms with Gasteiger partial charge in [-0.3, -0.25) is 14.4 Å². The van der Waals surface area contributed by atoms with Crippen LogP contribution in [0.2, 0.25) is 0 Å². The van der Waals surface area contributed by atoms with Gasteiger partial charge in [0.1, 0.15) is 12.6 Å². The van der Waals surface area contributed by atoms with Crippen LogP contribution in [0.25, 0.3) is 0 Å². The number of ether oxygens (including phenoxy) is 1. The highest BCUT2D eigenvalue weighted by atomic mass is 16.5. The third-order valence-electron chi connectivity index (χ3n) is 8.24. The van der Waals surface area contributed by atoms with E-state index in [0.29, 0.717) is 12.8 Å². The van der Waals surface area contributed by atoms with Crippen molar-refractivity contribution in [2.24, 2.45) is 0 Å². The van der Waals surface area contributed by atoms with Crippen molar-refractivity contribution >= 4 is 17.8 Å². The van der Waals surface area contributed by atoms with E-state index in [9.17, 15) is 14.4 Å². The molecular weight excluding hydrogens is 647 g/mol. The lowest BCUT2D eigenvalue weighted by Crippen LogP contribution is -2.28. The molecule has 0 spiro atoms. The molecule has 0 aliphatic heterocycles. The number of rotatable bonds is 35. The van der Waals surface area contributed by atoms with E-state index in [1.807, 2.05) is 6.08 Å². The summed E-state index contributed by atoms with van der Waals surface area (Å²) in [5.41, 5.74) is 0. The molecule has 0 saturated heterocycles. The summed E-state index contributed by atoms with van der Waals surface area (Å²) in [5.74, 6) is -1.33. The topological polar surface area (TPSA) is 92.7 Å². The fourth-order valence-electron chi connectivity index (χ4n) is 5.30. The number of unbranched alkanes of at least 4 members (excludes halogenated alkanes) is 10. The molecule has 0 radical (unpaired) electrons. The maximum atomic E-state index is 12.7. The summed E-state index contributed by atoms with van der Waals surface area (Å²) in [7, 11) is 0. The Morgan fingerprint density at radius 3 is 1.46 bits per heavy atom. The summed E-state index contributed by atoms with van der Waals surface area (Å²) in [5, 5.41) is 11.0. The van der Waals surface area contributed by atoms with Gasteiger partial charge in [-0.25, -0.2) is 0 Å². The van der Waals surface area contributed by atoms with Gasteiger partial charge >= 0.3 is 11.9 Å². The van der Waals surface area contributed by atoms with Crippen LogP contribution in [0.5, 0.6) is 0 Å². The number of carboxylic acids is 1. The number of allylic oxidation sites excluding steroid dienone is 15. The molecule has 0 aliphatic carbocycles. The number of hydrogen-bond acceptors (Lipinski definition) is 4. The highest BCUT2D eigenvalue weighted by Crippen LogP contribution is 2.15. The number of carboxylic acid groups (broad SMARTS) is 1. The van der Waals surface area contributed by atoms with E-state index in [-0.39, 0.29) is 24.5 Å². The van der Waals surface area contributed by atoms with Crippen molar-refractivity contribution in [2.75, 3.05) is 6.54 Å². The van der Waals surface area contributed by atoms with Crippen molar-refractivity contribution < 1.29 is 24.2 Å². The molecule has 0 heterocycles. The summed E-state index contributed by atoms with van der Waals surface area (Å²) in [4.78, 5) is 34.8. The van der Waals surface area contributed by atoms with Crippen LogP contribution in [-0.4, -0.2) is 35.6 Å². The molecule has 0 aromatic rings. The van der Waals surface area contributed by atoms with E-state index in [4.69, 9.17) is 9.84 Å². The number of esters is 1. The maximum absolute atomic E-state index is 12.7. The fourth-order valence-corrected chi connectivity index (χ4v) is 5.30. The largest absolute Gasteiger partial charge is 0.480 e. The van der Waals surface area contributed by atoms with Gasteiger partial charge in [0, 0.05) is 12.8 Å². The van der Waals surface area contributed by atoms with Gasteiger partial charge in [0.05, 0.1) is 0 Å². The average molecular weight is 720 g/mol. The van der Waals surface area contributed by atoms with Gasteiger partial charge in [-0.1, -0.05) is 150 Å². The van der Waals surface area contributed by atoms with E-state index in [0.717, 1.165) is 122 Å². The number of aliphatic carboxylic acids is 1. The van der Waals surface area contributed by atoms with Crippen molar-refractivity contribution in [2.45, 2.75) is 168 Å². The minimum absolute atomic E-state index is 0.102. The molecular formula is C46H73NO5. The van der Waals surface area contributed by atoms with Gasteiger partial charge in [0.2, 0.25) is 5.91 Å². The quantitative estimate of drug-likeness (QED) is 0.0386. The van der Waals surface area contributed by atoms with Gasteiger partial charge in [-0.15, -0.1) is 0 Å². The third kappa shape index (κ3) is 39.1. The summed E-state index contributed by atoms with van der Waals surface area (Å²) in [6.45, 7) is 3.97. The van der Waals surface area contributed by atoms with Crippen molar-refractivity contribution in [1.29, 1.82) is 0 Å². The third-order valence-corrected chi connectivity index (χ3v) is 8.24. The minimum Gasteiger partial charge on any atom is -0.480 e. The maximum Gasteiger partial charge on any atom is 0.322 e. The first-order chi connectivity index (χ1) is 25.5. The van der Waals surface area contributed by atoms with Crippen LogP contribution in [0.15, 0.2) is 97.2 Å². The predicted molar refractivity (Wildman–Crippen MR) is 221 cm³/mol. The molecule has 0 aliphatic rings. The lowest BCUT2D eigenvalue weighted by Gasteiger charge is -2.14. The molecule has 1 unspecified atom stereocenters. The lowest BCUT2D eigenvalue weighted by atomic mass is 10.1. The Balaban J connectivity index is 4.18. The number of carbonyl (C=O) groups is 3. The zero-order valence-corrected chi connectivity index (χ0v) is 32.9. The zero-order valence-electron chi connectivity index (χ0n) is 32.9. The van der Waals surface area contributed by atoms with Crippen LogP contribution < -0.4 is 5.32 Å². The summed E-state index contributed by atoms with van der Waals surface area (Å²) in [6.07, 6.45) is 56.9. The molecule has 292 valence electrons. The fraction of sp³-hybridized carbons (Fsp3) is 0.587. The monoisotopic (exact) mass is 720 g/mol. The second-order valence-corrected chi connectivity index (χ2v) is 13.1. The van der Waals surface area contributed by atoms with Crippen molar-refractivity contribution in [3.8, 4) is 0 Å². The Hall–Kier alpha value is -3.67. The van der Waals surface area contributed by atoms with E-state index < -0.39 is 5.97 Å². The first-order valence-electron chi connectivity index (χ1n) is 20.4. The van der Waals surface area contributed by atoms with Crippen LogP contribution >= 0.6 is 0 Å². The number of hydrogen-bond donors (Lipinski definition) is 2. The molecule has 1 atom stereocenters. The molecule has 0 aromatic heterocycles. The normalized spacial score (nSPS) is 13.1. The van der Waals surface area contributed by atoms with Gasteiger partial charge in [-0.2, -0.15) is 0 Å². The molecule has 0 fully saturated rings. The van der Waals surface area contributed by atoms with Crippen LogP contribution in [0, 0.1) is 0 Å². The molecule has 2 N–H and O–H groups in total. The predicted octanol–water partition coefficient (Wildman–Crippen LogP) is 12.6. The van der Waals surface area contributed by atoms with E-state index in [1.54, 1.807) is 0 Å². The molecule has 6 heteroatoms. The second-order valence-electron chi connectivity index (χ2n) is 13.1. The number of carbonyl (C=O) groups excluding carboxylic acids is 2. The Bertz CT molecular complexity index is 1110. The van der Waals surface area contributed by atoms with Crippen LogP contribution in [0.1, 0.15) is 162 Å². The van der Waals surface area contributed by atoms with Crippen LogP contribution in [0.3, 0.4) is 0 Å². The highest BCUT2D eigenvalue weighted by Gasteiger charge is 2.11. The Morgan fingerprint density at radius 2 is 0.942 bits per heavy atom. The van der Waals surface area contributed by atoms with E-state index in [1.165, 1.54) is 12.8 Å². The summed E-state index contributed by atoms with van der Waals surface area (Å²) >= 11 is 0. The number of nitrogens with one attached hydrogen (secondary N) is 1. The van der Waals surface area contributed by atoms with Gasteiger partial charge in [0.15, 0.2) is 0 Å². The second kappa shape index (κ2) is 40.1. The average Bonchev–Trinajstić information content (AvgIpc) is 3.13. The van der Waals surface area contributed by atoms with Crippen molar-refractivity contribution in [3.63, 3.8) is 0 Å². The summed E-state index contributed by atoms with van der Waals surface area (Å²) < 4.78 is 5.90. The standard InChI is InChI=1S/C46H73NO5/c1-3-5-7-9-11-13-14-15-16-17-18-19-20-21-22-23-24-25-27-33-37-41-46(51)52-43(38-34-30-26-12-10-8-6-4-2)39-35-31-28-29-32-36-40-44(48)47-42-45(49)50/h5-8,11-13,15-16,18-19,21-22,26,34,38,43H,3-4,9-10,14,17,20,23-25,27-33,35-37,39-42H2,1-2H3,(H,47,48)(H,49,50)/b7-5-,8-6-,13-11-,16-15-,19-18-,22-21-,26-12-,38-34-. The summed E-state index contributed by atoms with van der Waals surface area (Å²) in [6, 6.07) is 0. The SMILES string of the molecule is CC/C=C\C/C=C\C/C=C\C/C=C\C/C=C\CCCCCCCC(=O)OC(/C=C\C/C=C\C/C=C\CC)CCCCCCCCC(=O)NCC(=O)O. The highest BCUT2D eigenvalue weighted by molar-refractivity contribution is 5.80. The van der Waals surface area contributed by atoms with Gasteiger partial charge in [0.25, 0.3) is 0 Å². The lowest BCUT2D eigenvalue weighted by molar-refractivity contribution is -0.147. The Labute approximate surface area is 318 Å². The number of amides is 1. The Kier molecular flexibility index (Phi) is 37.3. The smallest absolute Gasteiger partial charge is 0.322 e. The Morgan fingerprint density at radius 1 is 0.519 bits per heavy atom. The van der Waals surface area contributed by atoms with Crippen molar-refractivity contribution in [1.82, 2.24) is 5.32 Å². The van der Waals surface area contributed by atoms with Gasteiger partial charge < -0.3 is 15.2 Å². The first-order valence-corrected chi connectivity index (χ1v) is 20.4. The molecule has 6 nitrogen and oxygen atoms in total. The molecule has 0 aromatic carbocycles. The van der Waals surface area contributed by atoms with Crippen molar-refractivity contribution in [3.05, 3.63) is 97.2 Å². The minimum atomic E-state index is -1.03. The first kappa shape index (κ1) is 48.3. The van der Waals surface area contributed by atoms with E-state index in [2.05, 4.69) is 110 Å². The molecule has 0 saturated carbocycles. The molecule has 0 bridgehead atoms. The zero-order chi connectivity index (χ0) is 38.0. The van der Waals surface area contributed by atoms with Crippen LogP contribution in [0.4, 0.5) is 0 Å².